The first kappa shape index (κ1) is 12.4. The zero-order chi connectivity index (χ0) is 13.1. The van der Waals surface area contributed by atoms with Crippen LogP contribution in [0.1, 0.15) is 11.7 Å². The van der Waals surface area contributed by atoms with Crippen molar-refractivity contribution >= 4 is 17.3 Å². The predicted octanol–water partition coefficient (Wildman–Crippen LogP) is 1.85. The monoisotopic (exact) mass is 244 g/mol. The van der Waals surface area contributed by atoms with Crippen LogP contribution in [0.15, 0.2) is 43.5 Å². The van der Waals surface area contributed by atoms with Gasteiger partial charge < -0.3 is 15.3 Å². The van der Waals surface area contributed by atoms with Gasteiger partial charge in [0.05, 0.1) is 0 Å². The number of anilines is 2. The van der Waals surface area contributed by atoms with Crippen LogP contribution in [0.25, 0.3) is 0 Å². The molecular weight excluding hydrogens is 228 g/mol. The minimum absolute atomic E-state index is 0.374. The Hall–Kier alpha value is -2.07. The number of nitrogens with one attached hydrogen (secondary N) is 1. The van der Waals surface area contributed by atoms with Gasteiger partial charge in [0.2, 0.25) is 0 Å². The molecular formula is C14H16N2O2. The number of hydrogen-bond acceptors (Lipinski definition) is 3. The third kappa shape index (κ3) is 2.15. The summed E-state index contributed by atoms with van der Waals surface area (Å²) in [5.41, 5.74) is 2.26. The first-order valence-electron chi connectivity index (χ1n) is 5.77. The van der Waals surface area contributed by atoms with E-state index in [9.17, 15) is 9.90 Å². The Morgan fingerprint density at radius 2 is 2.00 bits per heavy atom. The van der Waals surface area contributed by atoms with Gasteiger partial charge in [0.25, 0.3) is 5.91 Å². The Morgan fingerprint density at radius 1 is 1.33 bits per heavy atom. The van der Waals surface area contributed by atoms with Crippen LogP contribution in [0.5, 0.6) is 0 Å². The summed E-state index contributed by atoms with van der Waals surface area (Å²) in [6.45, 7) is 8.83. The zero-order valence-corrected chi connectivity index (χ0v) is 10.1. The first-order valence-corrected chi connectivity index (χ1v) is 5.77. The molecule has 1 amide bonds. The van der Waals surface area contributed by atoms with Crippen molar-refractivity contribution in [2.45, 2.75) is 6.10 Å². The number of nitrogens with zero attached hydrogens (tertiary/aromatic N) is 1. The molecule has 1 aromatic rings. The summed E-state index contributed by atoms with van der Waals surface area (Å²) in [5.74, 6) is -0.374. The predicted molar refractivity (Wildman–Crippen MR) is 72.6 cm³/mol. The molecule has 0 aromatic heterocycles. The van der Waals surface area contributed by atoms with E-state index in [1.807, 2.05) is 24.3 Å². The fraction of sp³-hybridized carbons (Fsp3) is 0.214. The molecule has 2 rings (SSSR count). The highest BCUT2D eigenvalue weighted by molar-refractivity contribution is 6.02. The molecule has 94 valence electrons. The van der Waals surface area contributed by atoms with Gasteiger partial charge in [-0.15, -0.1) is 13.2 Å². The lowest BCUT2D eigenvalue weighted by atomic mass is 10.1. The van der Waals surface area contributed by atoms with Gasteiger partial charge in [-0.1, -0.05) is 18.2 Å². The van der Waals surface area contributed by atoms with Gasteiger partial charge in [-0.3, -0.25) is 4.79 Å². The van der Waals surface area contributed by atoms with E-state index in [4.69, 9.17) is 0 Å². The Kier molecular flexibility index (Phi) is 3.48. The molecule has 2 N–H and O–H groups in total. The number of carbonyl (C=O) groups excluding carboxylic acids is 1. The minimum atomic E-state index is -1.05. The average Bonchev–Trinajstić information content (AvgIpc) is 2.64. The number of benzene rings is 1. The van der Waals surface area contributed by atoms with E-state index in [1.54, 1.807) is 6.07 Å². The van der Waals surface area contributed by atoms with E-state index in [0.29, 0.717) is 24.3 Å². The molecule has 1 heterocycles. The van der Waals surface area contributed by atoms with Gasteiger partial charge in [-0.25, -0.2) is 0 Å². The Morgan fingerprint density at radius 3 is 2.61 bits per heavy atom. The van der Waals surface area contributed by atoms with Crippen LogP contribution in [0.2, 0.25) is 0 Å². The highest BCUT2D eigenvalue weighted by atomic mass is 16.3. The van der Waals surface area contributed by atoms with Gasteiger partial charge in [-0.05, 0) is 12.1 Å². The molecule has 0 saturated carbocycles. The summed E-state index contributed by atoms with van der Waals surface area (Å²) in [6.07, 6.45) is 2.57. The van der Waals surface area contributed by atoms with Crippen LogP contribution in [-0.2, 0) is 4.79 Å². The Balaban J connectivity index is 2.31. The van der Waals surface area contributed by atoms with Crippen molar-refractivity contribution in [1.82, 2.24) is 0 Å². The molecule has 1 aromatic carbocycles. The second-order valence-corrected chi connectivity index (χ2v) is 4.15. The molecule has 18 heavy (non-hydrogen) atoms. The largest absolute Gasteiger partial charge is 0.378 e. The molecule has 0 radical (unpaired) electrons. The van der Waals surface area contributed by atoms with Crippen LogP contribution in [0, 0.1) is 0 Å². The summed E-state index contributed by atoms with van der Waals surface area (Å²) in [6, 6.07) is 5.51. The third-order valence-corrected chi connectivity index (χ3v) is 2.90. The van der Waals surface area contributed by atoms with Gasteiger partial charge >= 0.3 is 0 Å². The quantitative estimate of drug-likeness (QED) is 0.777. The third-order valence-electron chi connectivity index (χ3n) is 2.90. The molecule has 0 fully saturated rings. The van der Waals surface area contributed by atoms with Crippen LogP contribution < -0.4 is 10.2 Å². The fourth-order valence-electron chi connectivity index (χ4n) is 2.03. The molecule has 1 aliphatic rings. The molecule has 0 aliphatic carbocycles. The van der Waals surface area contributed by atoms with Crippen molar-refractivity contribution in [3.63, 3.8) is 0 Å². The summed E-state index contributed by atoms with van der Waals surface area (Å²) >= 11 is 0. The standard InChI is InChI=1S/C14H16N2O2/c1-3-7-16(8-4-2)10-5-6-11-12(9-10)15-14(18)13(11)17/h3-6,9,13,17H,1-2,7-8H2,(H,15,18). The SMILES string of the molecule is C=CCN(CC=C)c1ccc2c(c1)NC(=O)C2O. The van der Waals surface area contributed by atoms with Gasteiger partial charge in [-0.2, -0.15) is 0 Å². The molecule has 4 nitrogen and oxygen atoms in total. The maximum atomic E-state index is 11.4. The number of fused-ring (bicyclic) bond motifs is 1. The normalized spacial score (nSPS) is 16.9. The van der Waals surface area contributed by atoms with Crippen molar-refractivity contribution in [3.8, 4) is 0 Å². The van der Waals surface area contributed by atoms with Crippen molar-refractivity contribution in [2.24, 2.45) is 0 Å². The first-order chi connectivity index (χ1) is 8.67. The van der Waals surface area contributed by atoms with Crippen LogP contribution >= 0.6 is 0 Å². The van der Waals surface area contributed by atoms with Crippen LogP contribution in [0.4, 0.5) is 11.4 Å². The van der Waals surface area contributed by atoms with E-state index in [0.717, 1.165) is 5.69 Å². The summed E-state index contributed by atoms with van der Waals surface area (Å²) in [5, 5.41) is 12.3. The topological polar surface area (TPSA) is 52.6 Å². The summed E-state index contributed by atoms with van der Waals surface area (Å²) < 4.78 is 0. The van der Waals surface area contributed by atoms with Gasteiger partial charge in [0, 0.05) is 30.0 Å². The lowest BCUT2D eigenvalue weighted by Crippen LogP contribution is -2.23. The highest BCUT2D eigenvalue weighted by Gasteiger charge is 2.28. The number of rotatable bonds is 5. The van der Waals surface area contributed by atoms with E-state index < -0.39 is 6.10 Å². The van der Waals surface area contributed by atoms with Crippen molar-refractivity contribution in [1.29, 1.82) is 0 Å². The average molecular weight is 244 g/mol. The second kappa shape index (κ2) is 5.06. The fourth-order valence-corrected chi connectivity index (χ4v) is 2.03. The number of aliphatic hydroxyl groups excluding tert-OH is 1. The molecule has 1 atom stereocenters. The summed E-state index contributed by atoms with van der Waals surface area (Å²) in [4.78, 5) is 13.4. The molecule has 4 heteroatoms. The molecule has 1 aliphatic heterocycles. The lowest BCUT2D eigenvalue weighted by Gasteiger charge is -2.22. The Labute approximate surface area is 106 Å². The van der Waals surface area contributed by atoms with Gasteiger partial charge in [0.1, 0.15) is 0 Å². The number of hydrogen-bond donors (Lipinski definition) is 2. The Bertz CT molecular complexity index is 487. The van der Waals surface area contributed by atoms with Crippen LogP contribution in [0.3, 0.4) is 0 Å². The summed E-state index contributed by atoms with van der Waals surface area (Å²) in [7, 11) is 0. The van der Waals surface area contributed by atoms with E-state index in [1.165, 1.54) is 0 Å². The second-order valence-electron chi connectivity index (χ2n) is 4.15. The smallest absolute Gasteiger partial charge is 0.257 e. The molecule has 0 saturated heterocycles. The molecule has 1 unspecified atom stereocenters. The number of amides is 1. The molecule has 0 spiro atoms. The number of carbonyl (C=O) groups is 1. The lowest BCUT2D eigenvalue weighted by molar-refractivity contribution is -0.123. The molecule has 0 bridgehead atoms. The minimum Gasteiger partial charge on any atom is -0.378 e. The van der Waals surface area contributed by atoms with Crippen molar-refractivity contribution in [2.75, 3.05) is 23.3 Å². The highest BCUT2D eigenvalue weighted by Crippen LogP contribution is 2.33. The van der Waals surface area contributed by atoms with Crippen LogP contribution in [-0.4, -0.2) is 24.1 Å². The van der Waals surface area contributed by atoms with E-state index in [2.05, 4.69) is 23.4 Å². The van der Waals surface area contributed by atoms with Crippen molar-refractivity contribution in [3.05, 3.63) is 49.1 Å². The van der Waals surface area contributed by atoms with E-state index in [-0.39, 0.29) is 5.91 Å². The maximum Gasteiger partial charge on any atom is 0.257 e. The maximum absolute atomic E-state index is 11.4. The number of aliphatic hydroxyl groups is 1. The van der Waals surface area contributed by atoms with E-state index >= 15 is 0 Å². The van der Waals surface area contributed by atoms with Crippen molar-refractivity contribution < 1.29 is 9.90 Å². The van der Waals surface area contributed by atoms with Gasteiger partial charge in [0.15, 0.2) is 6.10 Å². The zero-order valence-electron chi connectivity index (χ0n) is 10.1.